The van der Waals surface area contributed by atoms with Crippen LogP contribution in [0, 0.1) is 0 Å². The van der Waals surface area contributed by atoms with Crippen LogP contribution in [0.25, 0.3) is 21.0 Å². The highest BCUT2D eigenvalue weighted by atomic mass is 32.1. The van der Waals surface area contributed by atoms with Crippen LogP contribution in [0.3, 0.4) is 0 Å². The second-order valence-corrected chi connectivity index (χ2v) is 7.13. The molecule has 0 atom stereocenters. The Morgan fingerprint density at radius 3 is 2.62 bits per heavy atom. The Morgan fingerprint density at radius 2 is 1.79 bits per heavy atom. The van der Waals surface area contributed by atoms with Gasteiger partial charge in [0.2, 0.25) is 0 Å². The Kier molecular flexibility index (Phi) is 5.27. The molecular weight excluding hydrogens is 394 g/mol. The fourth-order valence-corrected chi connectivity index (χ4v) is 3.63. The van der Waals surface area contributed by atoms with Crippen LogP contribution < -0.4 is 16.4 Å². The SMILES string of the molecule is O=C(COCc1nc2ccccc2s1)NNC(=O)c1n[nH]c(=O)c2ccccc12. The maximum Gasteiger partial charge on any atom is 0.290 e. The van der Waals surface area contributed by atoms with Gasteiger partial charge in [0.15, 0.2) is 5.69 Å². The predicted molar refractivity (Wildman–Crippen MR) is 107 cm³/mol. The van der Waals surface area contributed by atoms with Crippen molar-refractivity contribution in [3.63, 3.8) is 0 Å². The van der Waals surface area contributed by atoms with E-state index in [1.807, 2.05) is 24.3 Å². The molecule has 0 aliphatic carbocycles. The number of rotatable bonds is 5. The molecule has 0 aliphatic heterocycles. The van der Waals surface area contributed by atoms with Gasteiger partial charge in [0.1, 0.15) is 11.6 Å². The number of hydrogen-bond acceptors (Lipinski definition) is 7. The molecule has 4 rings (SSSR count). The van der Waals surface area contributed by atoms with E-state index < -0.39 is 17.4 Å². The van der Waals surface area contributed by atoms with Crippen LogP contribution in [0.15, 0.2) is 53.3 Å². The van der Waals surface area contributed by atoms with Gasteiger partial charge >= 0.3 is 0 Å². The molecule has 2 amide bonds. The lowest BCUT2D eigenvalue weighted by atomic mass is 10.1. The van der Waals surface area contributed by atoms with Crippen molar-refractivity contribution in [1.82, 2.24) is 26.0 Å². The van der Waals surface area contributed by atoms with Gasteiger partial charge in [-0.25, -0.2) is 10.1 Å². The third-order valence-electron chi connectivity index (χ3n) is 4.02. The normalized spacial score (nSPS) is 10.9. The average molecular weight is 409 g/mol. The summed E-state index contributed by atoms with van der Waals surface area (Å²) >= 11 is 1.49. The zero-order valence-corrected chi connectivity index (χ0v) is 15.8. The number of fused-ring (bicyclic) bond motifs is 2. The third kappa shape index (κ3) is 4.13. The number of benzene rings is 2. The second kappa shape index (κ2) is 8.17. The van der Waals surface area contributed by atoms with Gasteiger partial charge in [-0.05, 0) is 18.2 Å². The van der Waals surface area contributed by atoms with Gasteiger partial charge in [0, 0.05) is 5.39 Å². The summed E-state index contributed by atoms with van der Waals surface area (Å²) in [5.74, 6) is -1.19. The molecule has 10 heteroatoms. The minimum Gasteiger partial charge on any atom is -0.364 e. The largest absolute Gasteiger partial charge is 0.364 e. The van der Waals surface area contributed by atoms with E-state index in [1.165, 1.54) is 11.3 Å². The molecule has 0 fully saturated rings. The summed E-state index contributed by atoms with van der Waals surface area (Å²) < 4.78 is 6.40. The number of thiazole rings is 1. The minimum absolute atomic E-state index is 0.00380. The first-order chi connectivity index (χ1) is 14.1. The molecule has 9 nitrogen and oxygen atoms in total. The molecule has 2 aromatic carbocycles. The highest BCUT2D eigenvalue weighted by molar-refractivity contribution is 7.18. The van der Waals surface area contributed by atoms with E-state index in [0.29, 0.717) is 10.8 Å². The van der Waals surface area contributed by atoms with Crippen molar-refractivity contribution < 1.29 is 14.3 Å². The standard InChI is InChI=1S/C19H15N5O4S/c25-15(9-28-10-16-20-13-7-3-4-8-14(13)29-16)21-24-19(27)17-11-5-1-2-6-12(11)18(26)23-22-17/h1-8H,9-10H2,(H,21,25)(H,23,26)(H,24,27). The molecule has 0 unspecified atom stereocenters. The lowest BCUT2D eigenvalue weighted by Gasteiger charge is -2.08. The molecular formula is C19H15N5O4S. The first-order valence-electron chi connectivity index (χ1n) is 8.60. The Balaban J connectivity index is 1.31. The quantitative estimate of drug-likeness (QED) is 0.429. The number of nitrogens with one attached hydrogen (secondary N) is 3. The summed E-state index contributed by atoms with van der Waals surface area (Å²) in [6, 6.07) is 14.3. The first-order valence-corrected chi connectivity index (χ1v) is 9.42. The van der Waals surface area contributed by atoms with E-state index in [0.717, 1.165) is 15.2 Å². The van der Waals surface area contributed by atoms with E-state index >= 15 is 0 Å². The molecule has 2 aromatic heterocycles. The van der Waals surface area contributed by atoms with Crippen molar-refractivity contribution in [1.29, 1.82) is 0 Å². The van der Waals surface area contributed by atoms with Crippen molar-refractivity contribution in [3.8, 4) is 0 Å². The molecule has 0 saturated carbocycles. The average Bonchev–Trinajstić information content (AvgIpc) is 3.15. The lowest BCUT2D eigenvalue weighted by molar-refractivity contribution is -0.126. The van der Waals surface area contributed by atoms with E-state index in [1.54, 1.807) is 24.3 Å². The van der Waals surface area contributed by atoms with Crippen LogP contribution in [0.2, 0.25) is 0 Å². The van der Waals surface area contributed by atoms with Crippen molar-refractivity contribution in [2.75, 3.05) is 6.61 Å². The molecule has 29 heavy (non-hydrogen) atoms. The monoisotopic (exact) mass is 409 g/mol. The number of hydrazine groups is 1. The van der Waals surface area contributed by atoms with Crippen molar-refractivity contribution in [3.05, 3.63) is 69.6 Å². The number of ether oxygens (including phenoxy) is 1. The summed E-state index contributed by atoms with van der Waals surface area (Å²) in [7, 11) is 0. The van der Waals surface area contributed by atoms with Crippen molar-refractivity contribution >= 4 is 44.1 Å². The Morgan fingerprint density at radius 1 is 1.03 bits per heavy atom. The zero-order chi connectivity index (χ0) is 20.2. The molecule has 0 bridgehead atoms. The number of para-hydroxylation sites is 1. The molecule has 4 aromatic rings. The first kappa shape index (κ1) is 18.7. The highest BCUT2D eigenvalue weighted by Crippen LogP contribution is 2.21. The zero-order valence-electron chi connectivity index (χ0n) is 15.0. The van der Waals surface area contributed by atoms with Crippen LogP contribution in [-0.2, 0) is 16.1 Å². The Labute approximate surface area is 167 Å². The molecule has 0 saturated heterocycles. The molecule has 3 N–H and O–H groups in total. The van der Waals surface area contributed by atoms with Crippen LogP contribution in [0.4, 0.5) is 0 Å². The van der Waals surface area contributed by atoms with Crippen molar-refractivity contribution in [2.24, 2.45) is 0 Å². The molecule has 0 aliphatic rings. The van der Waals surface area contributed by atoms with E-state index in [-0.39, 0.29) is 18.9 Å². The molecule has 2 heterocycles. The summed E-state index contributed by atoms with van der Waals surface area (Å²) in [4.78, 5) is 40.4. The highest BCUT2D eigenvalue weighted by Gasteiger charge is 2.14. The van der Waals surface area contributed by atoms with E-state index in [2.05, 4.69) is 26.0 Å². The van der Waals surface area contributed by atoms with Gasteiger partial charge < -0.3 is 4.74 Å². The smallest absolute Gasteiger partial charge is 0.290 e. The number of hydrogen-bond donors (Lipinski definition) is 3. The van der Waals surface area contributed by atoms with Gasteiger partial charge in [0.05, 0.1) is 22.2 Å². The minimum atomic E-state index is -0.656. The van der Waals surface area contributed by atoms with E-state index in [4.69, 9.17) is 4.74 Å². The summed E-state index contributed by atoms with van der Waals surface area (Å²) in [6.07, 6.45) is 0. The number of carbonyl (C=O) groups is 2. The number of aromatic nitrogens is 3. The van der Waals surface area contributed by atoms with E-state index in [9.17, 15) is 14.4 Å². The number of aromatic amines is 1. The van der Waals surface area contributed by atoms with Crippen LogP contribution in [0.5, 0.6) is 0 Å². The number of carbonyl (C=O) groups excluding carboxylic acids is 2. The maximum absolute atomic E-state index is 12.3. The van der Waals surface area contributed by atoms with Crippen LogP contribution >= 0.6 is 11.3 Å². The molecule has 146 valence electrons. The summed E-state index contributed by atoms with van der Waals surface area (Å²) in [5, 5.41) is 7.51. The molecule has 0 spiro atoms. The van der Waals surface area contributed by atoms with Crippen LogP contribution in [0.1, 0.15) is 15.5 Å². The van der Waals surface area contributed by atoms with Crippen molar-refractivity contribution in [2.45, 2.75) is 6.61 Å². The second-order valence-electron chi connectivity index (χ2n) is 6.02. The van der Waals surface area contributed by atoms with Gasteiger partial charge in [-0.1, -0.05) is 30.3 Å². The fourth-order valence-electron chi connectivity index (χ4n) is 2.72. The number of H-pyrrole nitrogens is 1. The Bertz CT molecular complexity index is 1230. The summed E-state index contributed by atoms with van der Waals surface area (Å²) in [5.41, 5.74) is 5.01. The van der Waals surface area contributed by atoms with Gasteiger partial charge in [-0.15, -0.1) is 11.3 Å². The van der Waals surface area contributed by atoms with Gasteiger partial charge in [0.25, 0.3) is 17.4 Å². The Hall–Kier alpha value is -3.63. The number of amides is 2. The fraction of sp³-hybridized carbons (Fsp3) is 0.105. The van der Waals surface area contributed by atoms with Gasteiger partial charge in [-0.3, -0.25) is 25.2 Å². The topological polar surface area (TPSA) is 126 Å². The third-order valence-corrected chi connectivity index (χ3v) is 5.03. The van der Waals surface area contributed by atoms with Gasteiger partial charge in [-0.2, -0.15) is 5.10 Å². The molecule has 0 radical (unpaired) electrons. The summed E-state index contributed by atoms with van der Waals surface area (Å²) in [6.45, 7) is -0.0666. The maximum atomic E-state index is 12.3. The predicted octanol–water partition coefficient (Wildman–Crippen LogP) is 1.51. The lowest BCUT2D eigenvalue weighted by Crippen LogP contribution is -2.43. The van der Waals surface area contributed by atoms with Crippen LogP contribution in [-0.4, -0.2) is 33.6 Å². The number of nitrogens with zero attached hydrogens (tertiary/aromatic N) is 2.